The van der Waals surface area contributed by atoms with Crippen LogP contribution in [0, 0.1) is 13.8 Å². The zero-order valence-electron chi connectivity index (χ0n) is 8.28. The Morgan fingerprint density at radius 1 is 1.21 bits per heavy atom. The van der Waals surface area contributed by atoms with Gasteiger partial charge in [-0.25, -0.2) is 0 Å². The van der Waals surface area contributed by atoms with Gasteiger partial charge >= 0.3 is 9.24 Å². The average Bonchev–Trinajstić information content (AvgIpc) is 2.01. The Morgan fingerprint density at radius 3 is 2.00 bits per heavy atom. The Hall–Kier alpha value is -0.740. The van der Waals surface area contributed by atoms with Crippen LogP contribution in [0.5, 0.6) is 0 Å². The molecule has 1 aromatic rings. The van der Waals surface area contributed by atoms with Crippen molar-refractivity contribution in [2.75, 3.05) is 11.4 Å². The lowest BCUT2D eigenvalue weighted by Crippen LogP contribution is -2.22. The molecule has 0 aromatic heterocycles. The van der Waals surface area contributed by atoms with E-state index in [-0.39, 0.29) is 0 Å². The van der Waals surface area contributed by atoms with E-state index >= 15 is 0 Å². The molecule has 0 saturated heterocycles. The predicted octanol–water partition coefficient (Wildman–Crippen LogP) is 2.22. The smallest absolute Gasteiger partial charge is 0.260 e. The van der Waals surface area contributed by atoms with E-state index < -0.39 is 9.24 Å². The van der Waals surface area contributed by atoms with Gasteiger partial charge in [0.05, 0.1) is 5.69 Å². The molecule has 0 amide bonds. The number of hydrogen-bond donors (Lipinski definition) is 0. The first kappa shape index (κ1) is 11.3. The molecule has 0 unspecified atom stereocenters. The van der Waals surface area contributed by atoms with Crippen LogP contribution in [-0.4, -0.2) is 15.5 Å². The molecule has 0 aliphatic heterocycles. The van der Waals surface area contributed by atoms with E-state index in [0.717, 1.165) is 15.4 Å². The molecule has 0 aliphatic carbocycles. The molecule has 0 saturated carbocycles. The van der Waals surface area contributed by atoms with E-state index in [2.05, 4.69) is 0 Å². The lowest BCUT2D eigenvalue weighted by molar-refractivity contribution is 0.608. The normalized spacial score (nSPS) is 11.4. The molecular formula is C9H12ClNO2S. The van der Waals surface area contributed by atoms with Gasteiger partial charge < -0.3 is 0 Å². The first-order valence-electron chi connectivity index (χ1n) is 4.09. The second kappa shape index (κ2) is 3.79. The quantitative estimate of drug-likeness (QED) is 0.735. The topological polar surface area (TPSA) is 37.4 Å². The molecule has 0 spiro atoms. The SMILES string of the molecule is Cc1cccc(C)c1N(C)S(=O)(=O)Cl. The van der Waals surface area contributed by atoms with Gasteiger partial charge in [0.25, 0.3) is 0 Å². The van der Waals surface area contributed by atoms with Gasteiger partial charge in [0.2, 0.25) is 0 Å². The average molecular weight is 234 g/mol. The zero-order chi connectivity index (χ0) is 10.9. The molecule has 0 N–H and O–H groups in total. The molecule has 3 nitrogen and oxygen atoms in total. The second-order valence-electron chi connectivity index (χ2n) is 3.15. The molecule has 78 valence electrons. The van der Waals surface area contributed by atoms with Crippen LogP contribution >= 0.6 is 10.7 Å². The first-order valence-corrected chi connectivity index (χ1v) is 6.35. The molecular weight excluding hydrogens is 222 g/mol. The van der Waals surface area contributed by atoms with Crippen LogP contribution in [0.15, 0.2) is 18.2 Å². The Kier molecular flexibility index (Phi) is 3.07. The number of para-hydroxylation sites is 1. The van der Waals surface area contributed by atoms with Gasteiger partial charge in [-0.05, 0) is 25.0 Å². The molecule has 0 fully saturated rings. The van der Waals surface area contributed by atoms with E-state index in [1.54, 1.807) is 0 Å². The maximum absolute atomic E-state index is 11.1. The van der Waals surface area contributed by atoms with Crippen molar-refractivity contribution < 1.29 is 8.42 Å². The van der Waals surface area contributed by atoms with Crippen LogP contribution in [-0.2, 0) is 9.24 Å². The third-order valence-electron chi connectivity index (χ3n) is 2.08. The molecule has 0 atom stereocenters. The van der Waals surface area contributed by atoms with Gasteiger partial charge in [0.1, 0.15) is 0 Å². The van der Waals surface area contributed by atoms with Crippen LogP contribution in [0.4, 0.5) is 5.69 Å². The van der Waals surface area contributed by atoms with Crippen LogP contribution in [0.1, 0.15) is 11.1 Å². The van der Waals surface area contributed by atoms with Crippen molar-refractivity contribution >= 4 is 25.6 Å². The fourth-order valence-corrected chi connectivity index (χ4v) is 2.12. The summed E-state index contributed by atoms with van der Waals surface area (Å²) in [5, 5.41) is 0. The lowest BCUT2D eigenvalue weighted by atomic mass is 10.1. The van der Waals surface area contributed by atoms with Crippen molar-refractivity contribution in [1.82, 2.24) is 0 Å². The van der Waals surface area contributed by atoms with E-state index in [9.17, 15) is 8.42 Å². The fourth-order valence-electron chi connectivity index (χ4n) is 1.41. The summed E-state index contributed by atoms with van der Waals surface area (Å²) >= 11 is 0. The summed E-state index contributed by atoms with van der Waals surface area (Å²) in [5.41, 5.74) is 2.41. The largest absolute Gasteiger partial charge is 0.321 e. The highest BCUT2D eigenvalue weighted by Gasteiger charge is 2.17. The molecule has 5 heteroatoms. The van der Waals surface area contributed by atoms with Crippen molar-refractivity contribution in [3.63, 3.8) is 0 Å². The first-order chi connectivity index (χ1) is 6.34. The monoisotopic (exact) mass is 233 g/mol. The summed E-state index contributed by atoms with van der Waals surface area (Å²) in [6, 6.07) is 5.57. The third kappa shape index (κ3) is 2.19. The number of aryl methyl sites for hydroxylation is 2. The van der Waals surface area contributed by atoms with Crippen LogP contribution in [0.25, 0.3) is 0 Å². The van der Waals surface area contributed by atoms with Crippen LogP contribution in [0.2, 0.25) is 0 Å². The van der Waals surface area contributed by atoms with Gasteiger partial charge in [-0.15, -0.1) is 0 Å². The van der Waals surface area contributed by atoms with Crippen molar-refractivity contribution in [3.05, 3.63) is 29.3 Å². The Bertz CT molecular complexity index is 422. The summed E-state index contributed by atoms with van der Waals surface area (Å²) < 4.78 is 23.3. The number of halogens is 1. The molecule has 0 bridgehead atoms. The number of nitrogens with zero attached hydrogens (tertiary/aromatic N) is 1. The summed E-state index contributed by atoms with van der Waals surface area (Å²) in [5.74, 6) is 0. The minimum Gasteiger partial charge on any atom is -0.260 e. The standard InChI is InChI=1S/C9H12ClNO2S/c1-7-5-4-6-8(2)9(7)11(3)14(10,12)13/h4-6H,1-3H3. The number of anilines is 1. The Labute approximate surface area is 88.9 Å². The van der Waals surface area contributed by atoms with E-state index in [4.69, 9.17) is 10.7 Å². The second-order valence-corrected chi connectivity index (χ2v) is 5.69. The van der Waals surface area contributed by atoms with Gasteiger partial charge in [0.15, 0.2) is 0 Å². The van der Waals surface area contributed by atoms with Crippen LogP contribution in [0.3, 0.4) is 0 Å². The number of hydrogen-bond acceptors (Lipinski definition) is 2. The number of rotatable bonds is 2. The summed E-state index contributed by atoms with van der Waals surface area (Å²) in [6.45, 7) is 3.70. The van der Waals surface area contributed by atoms with Gasteiger partial charge in [-0.1, -0.05) is 18.2 Å². The van der Waals surface area contributed by atoms with Crippen molar-refractivity contribution in [2.45, 2.75) is 13.8 Å². The zero-order valence-corrected chi connectivity index (χ0v) is 9.85. The van der Waals surface area contributed by atoms with Crippen LogP contribution < -0.4 is 4.31 Å². The molecule has 1 aromatic carbocycles. The van der Waals surface area contributed by atoms with Gasteiger partial charge in [-0.3, -0.25) is 4.31 Å². The third-order valence-corrected chi connectivity index (χ3v) is 3.54. The van der Waals surface area contributed by atoms with E-state index in [0.29, 0.717) is 5.69 Å². The van der Waals surface area contributed by atoms with Gasteiger partial charge in [0, 0.05) is 17.7 Å². The van der Waals surface area contributed by atoms with Gasteiger partial charge in [-0.2, -0.15) is 8.42 Å². The Balaban J connectivity index is 3.33. The molecule has 0 aliphatic rings. The van der Waals surface area contributed by atoms with Crippen molar-refractivity contribution in [2.24, 2.45) is 0 Å². The highest BCUT2D eigenvalue weighted by molar-refractivity contribution is 8.14. The molecule has 1 rings (SSSR count). The van der Waals surface area contributed by atoms with E-state index in [1.807, 2.05) is 32.0 Å². The Morgan fingerprint density at radius 2 is 1.64 bits per heavy atom. The summed E-state index contributed by atoms with van der Waals surface area (Å²) in [6.07, 6.45) is 0. The highest BCUT2D eigenvalue weighted by Crippen LogP contribution is 2.26. The summed E-state index contributed by atoms with van der Waals surface area (Å²) in [4.78, 5) is 0. The minimum atomic E-state index is -3.70. The molecule has 0 heterocycles. The summed E-state index contributed by atoms with van der Waals surface area (Å²) in [7, 11) is 3.01. The highest BCUT2D eigenvalue weighted by atomic mass is 35.7. The maximum Gasteiger partial charge on any atom is 0.321 e. The fraction of sp³-hybridized carbons (Fsp3) is 0.333. The van der Waals surface area contributed by atoms with Crippen molar-refractivity contribution in [1.29, 1.82) is 0 Å². The molecule has 14 heavy (non-hydrogen) atoms. The molecule has 0 radical (unpaired) electrons. The van der Waals surface area contributed by atoms with Crippen molar-refractivity contribution in [3.8, 4) is 0 Å². The van der Waals surface area contributed by atoms with E-state index in [1.165, 1.54) is 7.05 Å². The number of benzene rings is 1. The maximum atomic E-state index is 11.1. The predicted molar refractivity (Wildman–Crippen MR) is 59.1 cm³/mol. The minimum absolute atomic E-state index is 0.641. The lowest BCUT2D eigenvalue weighted by Gasteiger charge is -2.19.